The van der Waals surface area contributed by atoms with E-state index in [0.717, 1.165) is 21.7 Å². The first-order chi connectivity index (χ1) is 6.81. The second-order valence-electron chi connectivity index (χ2n) is 3.67. The van der Waals surface area contributed by atoms with Gasteiger partial charge in [-0.3, -0.25) is 5.10 Å². The van der Waals surface area contributed by atoms with Crippen LogP contribution in [-0.2, 0) is 0 Å². The Hall–Kier alpha value is -0.420. The fourth-order valence-electron chi connectivity index (χ4n) is 1.49. The van der Waals surface area contributed by atoms with Crippen LogP contribution in [0.15, 0.2) is 0 Å². The lowest BCUT2D eigenvalue weighted by molar-refractivity contribution is 0.707. The summed E-state index contributed by atoms with van der Waals surface area (Å²) in [5.41, 5.74) is 0. The lowest BCUT2D eigenvalue weighted by Crippen LogP contribution is -2.26. The summed E-state index contributed by atoms with van der Waals surface area (Å²) in [4.78, 5) is 2.40. The minimum atomic E-state index is 0.732. The third-order valence-corrected chi connectivity index (χ3v) is 3.54. The maximum Gasteiger partial charge on any atom is 0.207 e. The van der Waals surface area contributed by atoms with Crippen LogP contribution in [0.25, 0.3) is 0 Å². The van der Waals surface area contributed by atoms with Gasteiger partial charge in [0.1, 0.15) is 0 Å². The molecule has 78 valence electrons. The van der Waals surface area contributed by atoms with Crippen molar-refractivity contribution in [3.8, 4) is 0 Å². The van der Waals surface area contributed by atoms with E-state index in [-0.39, 0.29) is 0 Å². The summed E-state index contributed by atoms with van der Waals surface area (Å²) >= 11 is 6.63. The topological polar surface area (TPSA) is 31.9 Å². The average molecular weight is 229 g/mol. The van der Waals surface area contributed by atoms with E-state index in [2.05, 4.69) is 22.0 Å². The van der Waals surface area contributed by atoms with E-state index in [9.17, 15) is 0 Å². The van der Waals surface area contributed by atoms with Crippen molar-refractivity contribution < 1.29 is 0 Å². The van der Waals surface area contributed by atoms with E-state index in [4.69, 9.17) is 12.2 Å². The van der Waals surface area contributed by atoms with Crippen LogP contribution >= 0.6 is 23.6 Å². The Labute approximate surface area is 93.1 Å². The first kappa shape index (κ1) is 10.1. The highest BCUT2D eigenvalue weighted by Crippen LogP contribution is 2.32. The molecule has 0 atom stereocenters. The minimum absolute atomic E-state index is 0.732. The molecule has 14 heavy (non-hydrogen) atoms. The lowest BCUT2D eigenvalue weighted by atomic mass is 10.3. The molecule has 1 aliphatic carbocycles. The summed E-state index contributed by atoms with van der Waals surface area (Å²) in [7, 11) is 0. The molecule has 0 aromatic carbocycles. The van der Waals surface area contributed by atoms with Gasteiger partial charge in [-0.15, -0.1) is 5.10 Å². The Morgan fingerprint density at radius 1 is 1.64 bits per heavy atom. The third kappa shape index (κ3) is 2.33. The van der Waals surface area contributed by atoms with E-state index >= 15 is 0 Å². The van der Waals surface area contributed by atoms with Gasteiger partial charge in [0.2, 0.25) is 5.13 Å². The van der Waals surface area contributed by atoms with Gasteiger partial charge in [0.15, 0.2) is 3.95 Å². The Morgan fingerprint density at radius 2 is 2.43 bits per heavy atom. The number of aromatic amines is 1. The minimum Gasteiger partial charge on any atom is -0.344 e. The van der Waals surface area contributed by atoms with Crippen LogP contribution in [-0.4, -0.2) is 22.8 Å². The Kier molecular flexibility index (Phi) is 3.18. The Morgan fingerprint density at radius 3 is 2.93 bits per heavy atom. The first-order valence-electron chi connectivity index (χ1n) is 5.13. The number of rotatable bonds is 5. The molecule has 1 aliphatic rings. The second kappa shape index (κ2) is 4.40. The van der Waals surface area contributed by atoms with Crippen molar-refractivity contribution in [2.75, 3.05) is 11.4 Å². The number of hydrogen-bond acceptors (Lipinski definition) is 4. The fraction of sp³-hybridized carbons (Fsp3) is 0.778. The van der Waals surface area contributed by atoms with Gasteiger partial charge < -0.3 is 4.90 Å². The lowest BCUT2D eigenvalue weighted by Gasteiger charge is -2.20. The molecule has 1 aromatic heterocycles. The Balaban J connectivity index is 2.05. The monoisotopic (exact) mass is 229 g/mol. The summed E-state index contributed by atoms with van der Waals surface area (Å²) in [5.74, 6) is 0. The summed E-state index contributed by atoms with van der Waals surface area (Å²) in [6.45, 7) is 3.34. The van der Waals surface area contributed by atoms with Crippen molar-refractivity contribution >= 4 is 28.7 Å². The molecule has 0 aliphatic heterocycles. The normalized spacial score (nSPS) is 15.8. The number of nitrogens with one attached hydrogen (secondary N) is 1. The SMILES string of the molecule is CCCCN(c1n[nH]c(=S)s1)C1CC1. The van der Waals surface area contributed by atoms with Crippen LogP contribution in [0.2, 0.25) is 0 Å². The smallest absolute Gasteiger partial charge is 0.207 e. The van der Waals surface area contributed by atoms with Crippen molar-refractivity contribution in [1.82, 2.24) is 10.2 Å². The molecule has 0 amide bonds. The number of anilines is 1. The van der Waals surface area contributed by atoms with Crippen LogP contribution in [0.1, 0.15) is 32.6 Å². The molecule has 1 aromatic rings. The molecular formula is C9H15N3S2. The molecule has 1 fully saturated rings. The van der Waals surface area contributed by atoms with Crippen LogP contribution in [0.4, 0.5) is 5.13 Å². The maximum atomic E-state index is 5.05. The van der Waals surface area contributed by atoms with Gasteiger partial charge in [0.25, 0.3) is 0 Å². The van der Waals surface area contributed by atoms with Gasteiger partial charge >= 0.3 is 0 Å². The number of hydrogen-bond donors (Lipinski definition) is 1. The predicted octanol–water partition coefficient (Wildman–Crippen LogP) is 2.97. The zero-order chi connectivity index (χ0) is 9.97. The Bertz CT molecular complexity index is 340. The van der Waals surface area contributed by atoms with Crippen molar-refractivity contribution in [3.63, 3.8) is 0 Å². The molecule has 0 spiro atoms. The molecule has 1 heterocycles. The van der Waals surface area contributed by atoms with Gasteiger partial charge in [0, 0.05) is 12.6 Å². The predicted molar refractivity (Wildman–Crippen MR) is 62.6 cm³/mol. The number of nitrogens with zero attached hydrogens (tertiary/aromatic N) is 2. The molecule has 1 saturated carbocycles. The van der Waals surface area contributed by atoms with Crippen molar-refractivity contribution in [1.29, 1.82) is 0 Å². The van der Waals surface area contributed by atoms with E-state index in [1.54, 1.807) is 11.3 Å². The number of aromatic nitrogens is 2. The van der Waals surface area contributed by atoms with E-state index in [0.29, 0.717) is 0 Å². The van der Waals surface area contributed by atoms with Gasteiger partial charge in [-0.05, 0) is 31.5 Å². The molecule has 0 radical (unpaired) electrons. The molecule has 5 heteroatoms. The summed E-state index contributed by atoms with van der Waals surface area (Å²) in [6, 6.07) is 0.732. The molecule has 0 saturated heterocycles. The van der Waals surface area contributed by atoms with Gasteiger partial charge in [0.05, 0.1) is 0 Å². The van der Waals surface area contributed by atoms with E-state index in [1.165, 1.54) is 25.7 Å². The van der Waals surface area contributed by atoms with Gasteiger partial charge in [-0.25, -0.2) is 0 Å². The van der Waals surface area contributed by atoms with Gasteiger partial charge in [-0.1, -0.05) is 24.7 Å². The molecule has 2 rings (SSSR count). The fourth-order valence-corrected chi connectivity index (χ4v) is 2.47. The average Bonchev–Trinajstić information content (AvgIpc) is 2.91. The van der Waals surface area contributed by atoms with Gasteiger partial charge in [-0.2, -0.15) is 0 Å². The highest BCUT2D eigenvalue weighted by atomic mass is 32.1. The zero-order valence-electron chi connectivity index (χ0n) is 8.32. The largest absolute Gasteiger partial charge is 0.344 e. The van der Waals surface area contributed by atoms with Crippen LogP contribution < -0.4 is 4.90 Å². The number of H-pyrrole nitrogens is 1. The molecular weight excluding hydrogens is 214 g/mol. The molecule has 0 bridgehead atoms. The van der Waals surface area contributed by atoms with Crippen LogP contribution in [0.3, 0.4) is 0 Å². The maximum absolute atomic E-state index is 5.05. The quantitative estimate of drug-likeness (QED) is 0.788. The highest BCUT2D eigenvalue weighted by molar-refractivity contribution is 7.73. The van der Waals surface area contributed by atoms with Crippen LogP contribution in [0, 0.1) is 3.95 Å². The molecule has 3 nitrogen and oxygen atoms in total. The van der Waals surface area contributed by atoms with Crippen molar-refractivity contribution in [3.05, 3.63) is 3.95 Å². The molecule has 0 unspecified atom stereocenters. The second-order valence-corrected chi connectivity index (χ2v) is 5.32. The standard InChI is InChI=1S/C9H15N3S2/c1-2-3-6-12(7-4-5-7)8-10-11-9(13)14-8/h7H,2-6H2,1H3,(H,11,13). The van der Waals surface area contributed by atoms with E-state index in [1.807, 2.05) is 0 Å². The molecule has 1 N–H and O–H groups in total. The first-order valence-corrected chi connectivity index (χ1v) is 6.36. The van der Waals surface area contributed by atoms with Crippen molar-refractivity contribution in [2.24, 2.45) is 0 Å². The number of unbranched alkanes of at least 4 members (excludes halogenated alkanes) is 1. The van der Waals surface area contributed by atoms with Crippen LogP contribution in [0.5, 0.6) is 0 Å². The zero-order valence-corrected chi connectivity index (χ0v) is 9.96. The van der Waals surface area contributed by atoms with Crippen molar-refractivity contribution in [2.45, 2.75) is 38.6 Å². The third-order valence-electron chi connectivity index (χ3n) is 2.41. The highest BCUT2D eigenvalue weighted by Gasteiger charge is 2.30. The summed E-state index contributed by atoms with van der Waals surface area (Å²) < 4.78 is 0.780. The van der Waals surface area contributed by atoms with E-state index < -0.39 is 0 Å². The summed E-state index contributed by atoms with van der Waals surface area (Å²) in [6.07, 6.45) is 5.11. The summed E-state index contributed by atoms with van der Waals surface area (Å²) in [5, 5.41) is 8.17.